The smallest absolute Gasteiger partial charge is 0.300 e. The monoisotopic (exact) mass is 395 g/mol. The maximum atomic E-state index is 12.2. The fraction of sp³-hybridized carbons (Fsp3) is 0.474. The van der Waals surface area contributed by atoms with Crippen LogP contribution in [0.3, 0.4) is 0 Å². The minimum atomic E-state index is -0.833. The molecule has 8 heteroatoms. The Hall–Kier alpha value is -2.19. The second kappa shape index (κ2) is 10.2. The number of carbonyl (C=O) groups is 2. The number of aromatic nitrogens is 1. The molecular weight excluding hydrogens is 366 g/mol. The average molecular weight is 396 g/mol. The standard InChI is InChI=1S/C17H25N3O2S.C2H4O2/c1-17(2,23-4)15(18)16(21)19-8-7-11-10-20-14-6-5-12(22-3)9-13(11)14;1-2(3)4/h5-6,9-10,15,20H,7-8,18H2,1-4H3,(H,19,21);1H3,(H,3,4)/t15-;/m1./s1. The number of carboxylic acid groups (broad SMARTS) is 1. The van der Waals surface area contributed by atoms with E-state index in [0.29, 0.717) is 6.54 Å². The van der Waals surface area contributed by atoms with E-state index in [9.17, 15) is 4.79 Å². The number of fused-ring (bicyclic) bond motifs is 1. The molecule has 0 radical (unpaired) electrons. The van der Waals surface area contributed by atoms with Gasteiger partial charge in [0.15, 0.2) is 0 Å². The number of methoxy groups -OCH3 is 1. The molecule has 0 aliphatic carbocycles. The van der Waals surface area contributed by atoms with E-state index in [2.05, 4.69) is 10.3 Å². The normalized spacial score (nSPS) is 12.1. The molecule has 1 aromatic carbocycles. The summed E-state index contributed by atoms with van der Waals surface area (Å²) in [6.07, 6.45) is 4.68. The molecule has 0 saturated carbocycles. The van der Waals surface area contributed by atoms with Gasteiger partial charge in [-0.15, -0.1) is 0 Å². The topological polar surface area (TPSA) is 117 Å². The van der Waals surface area contributed by atoms with Gasteiger partial charge in [-0.25, -0.2) is 0 Å². The van der Waals surface area contributed by atoms with Crippen LogP contribution in [-0.2, 0) is 16.0 Å². The molecule has 27 heavy (non-hydrogen) atoms. The summed E-state index contributed by atoms with van der Waals surface area (Å²) in [4.78, 5) is 24.4. The van der Waals surface area contributed by atoms with Crippen molar-refractivity contribution in [3.63, 3.8) is 0 Å². The van der Waals surface area contributed by atoms with Gasteiger partial charge in [0.2, 0.25) is 5.91 Å². The van der Waals surface area contributed by atoms with Crippen LogP contribution in [0.25, 0.3) is 10.9 Å². The first kappa shape index (κ1) is 22.9. The lowest BCUT2D eigenvalue weighted by Gasteiger charge is -2.28. The predicted octanol–water partition coefficient (Wildman–Crippen LogP) is 2.40. The third-order valence-corrected chi connectivity index (χ3v) is 5.53. The van der Waals surface area contributed by atoms with Crippen molar-refractivity contribution in [3.8, 4) is 5.75 Å². The van der Waals surface area contributed by atoms with Gasteiger partial charge in [0, 0.05) is 35.3 Å². The molecule has 0 aliphatic rings. The summed E-state index contributed by atoms with van der Waals surface area (Å²) in [6.45, 7) is 5.60. The highest BCUT2D eigenvalue weighted by molar-refractivity contribution is 8.00. The highest BCUT2D eigenvalue weighted by Crippen LogP contribution is 2.25. The number of aliphatic carboxylic acids is 1. The molecule has 2 aromatic rings. The number of nitrogens with one attached hydrogen (secondary N) is 2. The number of hydrogen-bond acceptors (Lipinski definition) is 5. The molecule has 2 rings (SSSR count). The molecule has 1 aromatic heterocycles. The molecule has 0 saturated heterocycles. The predicted molar refractivity (Wildman–Crippen MR) is 110 cm³/mol. The van der Waals surface area contributed by atoms with Gasteiger partial charge in [-0.3, -0.25) is 9.59 Å². The Morgan fingerprint density at radius 2 is 2.04 bits per heavy atom. The Balaban J connectivity index is 0.000000828. The number of carboxylic acids is 1. The lowest BCUT2D eigenvalue weighted by molar-refractivity contribution is -0.134. The van der Waals surface area contributed by atoms with Gasteiger partial charge < -0.3 is 25.9 Å². The average Bonchev–Trinajstić information content (AvgIpc) is 3.02. The van der Waals surface area contributed by atoms with Crippen LogP contribution in [0.4, 0.5) is 0 Å². The van der Waals surface area contributed by atoms with Gasteiger partial charge in [0.05, 0.1) is 13.2 Å². The fourth-order valence-electron chi connectivity index (χ4n) is 2.36. The van der Waals surface area contributed by atoms with E-state index in [-0.39, 0.29) is 10.7 Å². The van der Waals surface area contributed by atoms with Crippen LogP contribution in [0, 0.1) is 0 Å². The number of aromatic amines is 1. The van der Waals surface area contributed by atoms with Crippen LogP contribution in [0.2, 0.25) is 0 Å². The first-order valence-corrected chi connectivity index (χ1v) is 9.76. The number of thioether (sulfide) groups is 1. The number of amides is 1. The van der Waals surface area contributed by atoms with E-state index < -0.39 is 12.0 Å². The summed E-state index contributed by atoms with van der Waals surface area (Å²) < 4.78 is 4.99. The molecule has 1 heterocycles. The van der Waals surface area contributed by atoms with Gasteiger partial charge in [0.1, 0.15) is 5.75 Å². The quantitative estimate of drug-likeness (QED) is 0.572. The number of benzene rings is 1. The number of nitrogens with two attached hydrogens (primary N) is 1. The van der Waals surface area contributed by atoms with Crippen LogP contribution in [0.5, 0.6) is 5.75 Å². The zero-order chi connectivity index (χ0) is 20.6. The second-order valence-electron chi connectivity index (χ2n) is 6.57. The lowest BCUT2D eigenvalue weighted by Crippen LogP contribution is -2.52. The summed E-state index contributed by atoms with van der Waals surface area (Å²) in [7, 11) is 1.66. The summed E-state index contributed by atoms with van der Waals surface area (Å²) in [5, 5.41) is 11.5. The van der Waals surface area contributed by atoms with E-state index in [0.717, 1.165) is 35.6 Å². The molecule has 0 bridgehead atoms. The lowest BCUT2D eigenvalue weighted by atomic mass is 10.0. The summed E-state index contributed by atoms with van der Waals surface area (Å²) in [5.74, 6) is -0.118. The first-order valence-electron chi connectivity index (χ1n) is 8.54. The van der Waals surface area contributed by atoms with Gasteiger partial charge in [-0.2, -0.15) is 11.8 Å². The zero-order valence-corrected chi connectivity index (χ0v) is 17.3. The van der Waals surface area contributed by atoms with Crippen molar-refractivity contribution in [2.24, 2.45) is 5.73 Å². The Labute approximate surface area is 164 Å². The van der Waals surface area contributed by atoms with Gasteiger partial charge in [-0.1, -0.05) is 0 Å². The van der Waals surface area contributed by atoms with Crippen molar-refractivity contribution in [1.82, 2.24) is 10.3 Å². The van der Waals surface area contributed by atoms with Crippen LogP contribution in [0.15, 0.2) is 24.4 Å². The molecule has 0 unspecified atom stereocenters. The maximum absolute atomic E-state index is 12.2. The molecule has 0 aliphatic heterocycles. The number of H-pyrrole nitrogens is 1. The van der Waals surface area contributed by atoms with E-state index in [1.165, 1.54) is 0 Å². The Bertz CT molecular complexity index is 769. The Morgan fingerprint density at radius 3 is 2.59 bits per heavy atom. The van der Waals surface area contributed by atoms with Crippen molar-refractivity contribution in [3.05, 3.63) is 30.0 Å². The molecule has 150 valence electrons. The zero-order valence-electron chi connectivity index (χ0n) is 16.5. The number of carbonyl (C=O) groups excluding carboxylic acids is 1. The summed E-state index contributed by atoms with van der Waals surface area (Å²) in [5.41, 5.74) is 8.25. The Morgan fingerprint density at radius 1 is 1.41 bits per heavy atom. The van der Waals surface area contributed by atoms with E-state index in [1.54, 1.807) is 18.9 Å². The van der Waals surface area contributed by atoms with Crippen molar-refractivity contribution >= 4 is 34.5 Å². The first-order chi connectivity index (χ1) is 12.6. The minimum absolute atomic E-state index is 0.109. The number of rotatable bonds is 7. The van der Waals surface area contributed by atoms with Crippen LogP contribution in [-0.4, -0.2) is 52.7 Å². The number of hydrogen-bond donors (Lipinski definition) is 4. The van der Waals surface area contributed by atoms with Gasteiger partial charge in [-0.05, 0) is 50.3 Å². The van der Waals surface area contributed by atoms with Crippen molar-refractivity contribution < 1.29 is 19.4 Å². The largest absolute Gasteiger partial charge is 0.497 e. The number of ether oxygens (including phenoxy) is 1. The Kier molecular flexibility index (Phi) is 8.65. The van der Waals surface area contributed by atoms with E-state index >= 15 is 0 Å². The van der Waals surface area contributed by atoms with Crippen molar-refractivity contribution in [2.45, 2.75) is 38.0 Å². The van der Waals surface area contributed by atoms with E-state index in [4.69, 9.17) is 20.4 Å². The molecule has 5 N–H and O–H groups in total. The highest BCUT2D eigenvalue weighted by Gasteiger charge is 2.30. The maximum Gasteiger partial charge on any atom is 0.300 e. The van der Waals surface area contributed by atoms with Gasteiger partial charge >= 0.3 is 0 Å². The molecule has 7 nitrogen and oxygen atoms in total. The third-order valence-electron chi connectivity index (χ3n) is 4.23. The van der Waals surface area contributed by atoms with Crippen LogP contribution < -0.4 is 15.8 Å². The molecule has 1 atom stereocenters. The third kappa shape index (κ3) is 6.80. The molecule has 1 amide bonds. The van der Waals surface area contributed by atoms with Crippen LogP contribution >= 0.6 is 11.8 Å². The van der Waals surface area contributed by atoms with Crippen molar-refractivity contribution in [2.75, 3.05) is 19.9 Å². The summed E-state index contributed by atoms with van der Waals surface area (Å²) in [6, 6.07) is 5.40. The summed E-state index contributed by atoms with van der Waals surface area (Å²) >= 11 is 1.60. The SMILES string of the molecule is CC(=O)O.COc1ccc2[nH]cc(CCNC(=O)[C@@H](N)C(C)(C)SC)c2c1. The second-order valence-corrected chi connectivity index (χ2v) is 8.03. The highest BCUT2D eigenvalue weighted by atomic mass is 32.2. The molecule has 0 spiro atoms. The van der Waals surface area contributed by atoms with Gasteiger partial charge in [0.25, 0.3) is 5.97 Å². The molecular formula is C19H29N3O4S. The van der Waals surface area contributed by atoms with E-state index in [1.807, 2.05) is 44.5 Å². The minimum Gasteiger partial charge on any atom is -0.497 e. The van der Waals surface area contributed by atoms with Crippen molar-refractivity contribution in [1.29, 1.82) is 0 Å². The van der Waals surface area contributed by atoms with Crippen LogP contribution in [0.1, 0.15) is 26.3 Å². The molecule has 0 fully saturated rings. The fourth-order valence-corrected chi connectivity index (χ4v) is 2.73.